The molecule has 25 heavy (non-hydrogen) atoms. The molecule has 0 saturated carbocycles. The fourth-order valence-corrected chi connectivity index (χ4v) is 2.83. The summed E-state index contributed by atoms with van der Waals surface area (Å²) in [7, 11) is 0. The van der Waals surface area contributed by atoms with Crippen LogP contribution in [-0.2, 0) is 4.79 Å². The quantitative estimate of drug-likeness (QED) is 0.667. The summed E-state index contributed by atoms with van der Waals surface area (Å²) in [5.41, 5.74) is 6.82. The smallest absolute Gasteiger partial charge is 0.312 e. The van der Waals surface area contributed by atoms with Crippen molar-refractivity contribution in [1.29, 1.82) is 0 Å². The van der Waals surface area contributed by atoms with Crippen molar-refractivity contribution in [3.8, 4) is 0 Å². The summed E-state index contributed by atoms with van der Waals surface area (Å²) in [6, 6.07) is 21.7. The molecule has 3 aromatic rings. The van der Waals surface area contributed by atoms with Crippen LogP contribution in [0.25, 0.3) is 10.8 Å². The van der Waals surface area contributed by atoms with Gasteiger partial charge in [0.05, 0.1) is 12.5 Å². The van der Waals surface area contributed by atoms with Crippen molar-refractivity contribution in [2.75, 3.05) is 5.32 Å². The summed E-state index contributed by atoms with van der Waals surface area (Å²) in [5.74, 6) is -0.195. The van der Waals surface area contributed by atoms with E-state index in [1.165, 1.54) is 0 Å². The topological polar surface area (TPSA) is 84.2 Å². The Kier molecular flexibility index (Phi) is 4.95. The molecule has 0 aliphatic carbocycles. The van der Waals surface area contributed by atoms with Gasteiger partial charge >= 0.3 is 6.03 Å². The zero-order valence-electron chi connectivity index (χ0n) is 13.6. The molecule has 3 amide bonds. The van der Waals surface area contributed by atoms with Gasteiger partial charge in [-0.05, 0) is 17.0 Å². The van der Waals surface area contributed by atoms with Gasteiger partial charge in [0.1, 0.15) is 0 Å². The maximum absolute atomic E-state index is 12.5. The molecule has 0 saturated heterocycles. The van der Waals surface area contributed by atoms with Gasteiger partial charge in [0.15, 0.2) is 0 Å². The minimum atomic E-state index is -0.660. The fourth-order valence-electron chi connectivity index (χ4n) is 2.83. The number of fused-ring (bicyclic) bond motifs is 1. The summed E-state index contributed by atoms with van der Waals surface area (Å²) in [6.07, 6.45) is 0.0934. The van der Waals surface area contributed by atoms with E-state index in [0.29, 0.717) is 0 Å². The molecule has 0 aliphatic heterocycles. The predicted molar refractivity (Wildman–Crippen MR) is 99.1 cm³/mol. The number of hydrogen-bond acceptors (Lipinski definition) is 2. The zero-order valence-corrected chi connectivity index (χ0v) is 13.6. The molecule has 126 valence electrons. The number of nitrogens with one attached hydrogen (secondary N) is 2. The number of nitrogens with two attached hydrogens (primary N) is 1. The third-order valence-corrected chi connectivity index (χ3v) is 3.97. The highest BCUT2D eigenvalue weighted by Gasteiger charge is 2.17. The van der Waals surface area contributed by atoms with Crippen LogP contribution in [0.2, 0.25) is 0 Å². The van der Waals surface area contributed by atoms with Crippen LogP contribution in [0.4, 0.5) is 10.5 Å². The number of rotatable bonds is 5. The number of anilines is 1. The molecule has 0 bridgehead atoms. The van der Waals surface area contributed by atoms with Crippen LogP contribution in [0.5, 0.6) is 0 Å². The van der Waals surface area contributed by atoms with Gasteiger partial charge in [-0.3, -0.25) is 4.79 Å². The van der Waals surface area contributed by atoms with Crippen LogP contribution in [0.1, 0.15) is 18.0 Å². The average Bonchev–Trinajstić information content (AvgIpc) is 2.62. The lowest BCUT2D eigenvalue weighted by Crippen LogP contribution is -2.35. The molecule has 0 aliphatic rings. The molecule has 5 heteroatoms. The minimum absolute atomic E-state index is 0.0934. The van der Waals surface area contributed by atoms with Gasteiger partial charge in [-0.1, -0.05) is 66.7 Å². The molecule has 3 aromatic carbocycles. The summed E-state index contributed by atoms with van der Waals surface area (Å²) in [6.45, 7) is 0. The Morgan fingerprint density at radius 1 is 0.880 bits per heavy atom. The van der Waals surface area contributed by atoms with Gasteiger partial charge in [-0.25, -0.2) is 4.79 Å². The minimum Gasteiger partial charge on any atom is -0.352 e. The Balaban J connectivity index is 1.78. The van der Waals surface area contributed by atoms with E-state index in [1.807, 2.05) is 72.8 Å². The Bertz CT molecular complexity index is 888. The molecule has 5 nitrogen and oxygen atoms in total. The molecular formula is C20H19N3O2. The highest BCUT2D eigenvalue weighted by molar-refractivity contribution is 6.02. The van der Waals surface area contributed by atoms with Gasteiger partial charge in [0.25, 0.3) is 0 Å². The number of carbonyl (C=O) groups is 2. The Labute approximate surface area is 145 Å². The van der Waals surface area contributed by atoms with Crippen LogP contribution in [0.3, 0.4) is 0 Å². The first-order valence-corrected chi connectivity index (χ1v) is 8.02. The number of benzene rings is 3. The summed E-state index contributed by atoms with van der Waals surface area (Å²) >= 11 is 0. The molecule has 0 fully saturated rings. The maximum Gasteiger partial charge on any atom is 0.312 e. The fraction of sp³-hybridized carbons (Fsp3) is 0.100. The second-order valence-electron chi connectivity index (χ2n) is 5.75. The van der Waals surface area contributed by atoms with E-state index in [0.717, 1.165) is 22.0 Å². The van der Waals surface area contributed by atoms with Crippen LogP contribution < -0.4 is 16.4 Å². The number of carbonyl (C=O) groups excluding carboxylic acids is 2. The molecule has 0 unspecified atom stereocenters. The SMILES string of the molecule is NC(=O)N[C@H](CC(=O)Nc1cccc2ccccc12)c1ccccc1. The molecule has 0 heterocycles. The molecule has 3 rings (SSSR count). The van der Waals surface area contributed by atoms with Crippen LogP contribution in [0, 0.1) is 0 Å². The predicted octanol–water partition coefficient (Wildman–Crippen LogP) is 3.58. The monoisotopic (exact) mass is 333 g/mol. The van der Waals surface area contributed by atoms with Crippen molar-refractivity contribution >= 4 is 28.4 Å². The second kappa shape index (κ2) is 7.49. The molecule has 0 radical (unpaired) electrons. The van der Waals surface area contributed by atoms with Gasteiger partial charge in [0.2, 0.25) is 5.91 Å². The van der Waals surface area contributed by atoms with E-state index in [4.69, 9.17) is 5.73 Å². The number of urea groups is 1. The van der Waals surface area contributed by atoms with E-state index in [2.05, 4.69) is 10.6 Å². The standard InChI is InChI=1S/C20H19N3O2/c21-20(25)23-18(15-8-2-1-3-9-15)13-19(24)22-17-12-6-10-14-7-4-5-11-16(14)17/h1-12,18H,13H2,(H,22,24)(H3,21,23,25)/t18-/m1/s1. The number of primary amides is 1. The Morgan fingerprint density at radius 2 is 1.56 bits per heavy atom. The summed E-state index contributed by atoms with van der Waals surface area (Å²) in [5, 5.41) is 7.58. The third kappa shape index (κ3) is 4.14. The average molecular weight is 333 g/mol. The van der Waals surface area contributed by atoms with Crippen LogP contribution in [0.15, 0.2) is 72.8 Å². The van der Waals surface area contributed by atoms with E-state index in [-0.39, 0.29) is 12.3 Å². The molecular weight excluding hydrogens is 314 g/mol. The van der Waals surface area contributed by atoms with Gasteiger partial charge in [-0.15, -0.1) is 0 Å². The highest BCUT2D eigenvalue weighted by Crippen LogP contribution is 2.24. The van der Waals surface area contributed by atoms with E-state index in [1.54, 1.807) is 0 Å². The first-order valence-electron chi connectivity index (χ1n) is 8.02. The third-order valence-electron chi connectivity index (χ3n) is 3.97. The van der Waals surface area contributed by atoms with Crippen molar-refractivity contribution in [3.63, 3.8) is 0 Å². The van der Waals surface area contributed by atoms with E-state index in [9.17, 15) is 9.59 Å². The lowest BCUT2D eigenvalue weighted by Gasteiger charge is -2.18. The lowest BCUT2D eigenvalue weighted by atomic mass is 10.0. The Hall–Kier alpha value is -3.34. The van der Waals surface area contributed by atoms with Crippen LogP contribution >= 0.6 is 0 Å². The number of amides is 3. The van der Waals surface area contributed by atoms with Gasteiger partial charge < -0.3 is 16.4 Å². The second-order valence-corrected chi connectivity index (χ2v) is 5.75. The van der Waals surface area contributed by atoms with Crippen molar-refractivity contribution in [2.45, 2.75) is 12.5 Å². The normalized spacial score (nSPS) is 11.7. The largest absolute Gasteiger partial charge is 0.352 e. The first kappa shape index (κ1) is 16.5. The van der Waals surface area contributed by atoms with Crippen molar-refractivity contribution in [2.24, 2.45) is 5.73 Å². The Morgan fingerprint density at radius 3 is 2.32 bits per heavy atom. The molecule has 0 spiro atoms. The summed E-state index contributed by atoms with van der Waals surface area (Å²) < 4.78 is 0. The van der Waals surface area contributed by atoms with Gasteiger partial charge in [0, 0.05) is 11.1 Å². The molecule has 0 aromatic heterocycles. The molecule has 1 atom stereocenters. The summed E-state index contributed by atoms with van der Waals surface area (Å²) in [4.78, 5) is 23.8. The van der Waals surface area contributed by atoms with Crippen molar-refractivity contribution in [1.82, 2.24) is 5.32 Å². The van der Waals surface area contributed by atoms with E-state index < -0.39 is 12.1 Å². The maximum atomic E-state index is 12.5. The molecule has 4 N–H and O–H groups in total. The number of hydrogen-bond donors (Lipinski definition) is 3. The van der Waals surface area contributed by atoms with Gasteiger partial charge in [-0.2, -0.15) is 0 Å². The van der Waals surface area contributed by atoms with Crippen molar-refractivity contribution < 1.29 is 9.59 Å². The highest BCUT2D eigenvalue weighted by atomic mass is 16.2. The first-order chi connectivity index (χ1) is 12.1. The lowest BCUT2D eigenvalue weighted by molar-refractivity contribution is -0.116. The zero-order chi connectivity index (χ0) is 17.6. The van der Waals surface area contributed by atoms with E-state index >= 15 is 0 Å². The van der Waals surface area contributed by atoms with Crippen LogP contribution in [-0.4, -0.2) is 11.9 Å². The van der Waals surface area contributed by atoms with Crippen molar-refractivity contribution in [3.05, 3.63) is 78.4 Å².